The molecule has 1 saturated heterocycles. The van der Waals surface area contributed by atoms with Gasteiger partial charge in [-0.1, -0.05) is 0 Å². The summed E-state index contributed by atoms with van der Waals surface area (Å²) in [5.41, 5.74) is 1.78. The van der Waals surface area contributed by atoms with E-state index >= 15 is 0 Å². The Labute approximate surface area is 345 Å². The number of piperidine rings is 1. The zero-order chi connectivity index (χ0) is 43.3. The smallest absolute Gasteiger partial charge is 0.377 e. The van der Waals surface area contributed by atoms with Gasteiger partial charge in [0.25, 0.3) is 17.7 Å². The van der Waals surface area contributed by atoms with Gasteiger partial charge in [-0.05, 0) is 67.1 Å². The van der Waals surface area contributed by atoms with Crippen LogP contribution in [0.2, 0.25) is 0 Å². The molecule has 1 atom stereocenters. The molecule has 0 spiro atoms. The summed E-state index contributed by atoms with van der Waals surface area (Å²) in [5, 5.41) is 13.5. The van der Waals surface area contributed by atoms with Crippen molar-refractivity contribution in [3.8, 4) is 5.69 Å². The SMILES string of the molecule is Cn1cc2c3cc(C(=O)NCCOCCOCCOCCOCC(=O)Nc4ccc5c(c4)C(=O)N(C4CCC(=O)NC4=O)C5=O)ccc3n(-c3ccc(C(F)(F)F)cc3)c2n1. The number of fused-ring (bicyclic) bond motifs is 4. The van der Waals surface area contributed by atoms with Gasteiger partial charge in [-0.2, -0.15) is 18.3 Å². The largest absolute Gasteiger partial charge is 0.416 e. The van der Waals surface area contributed by atoms with E-state index in [0.29, 0.717) is 29.0 Å². The molecular weight excluding hydrogens is 807 g/mol. The standard InChI is InChI=1S/C41H40F3N7O10/c1-49-22-31-29-20-24(2-9-32(29)50(36(31)48-49)27-6-3-25(4-7-27)41(42,43)44)37(54)45-12-13-58-14-15-59-16-17-60-18-19-61-23-35(53)46-26-5-8-28-30(21-26)40(57)51(39(28)56)33-10-11-34(52)47-38(33)55/h2-9,20-22,33H,10-19,23H2,1H3,(H,45,54)(H,46,53)(H,47,52,55). The van der Waals surface area contributed by atoms with Crippen LogP contribution in [0.4, 0.5) is 18.9 Å². The number of imide groups is 2. The van der Waals surface area contributed by atoms with Crippen LogP contribution < -0.4 is 16.0 Å². The molecule has 20 heteroatoms. The van der Waals surface area contributed by atoms with Crippen LogP contribution in [-0.4, -0.2) is 120 Å². The van der Waals surface area contributed by atoms with Gasteiger partial charge in [0.2, 0.25) is 17.7 Å². The van der Waals surface area contributed by atoms with Gasteiger partial charge in [0, 0.05) is 53.9 Å². The Morgan fingerprint density at radius 1 is 0.820 bits per heavy atom. The lowest BCUT2D eigenvalue weighted by atomic mass is 10.0. The molecule has 0 saturated carbocycles. The van der Waals surface area contributed by atoms with Gasteiger partial charge in [0.1, 0.15) is 12.6 Å². The minimum Gasteiger partial charge on any atom is -0.377 e. The molecule has 2 aliphatic heterocycles. The molecule has 2 aromatic heterocycles. The number of amides is 6. The van der Waals surface area contributed by atoms with E-state index in [9.17, 15) is 41.9 Å². The number of hydrogen-bond donors (Lipinski definition) is 3. The molecule has 3 N–H and O–H groups in total. The van der Waals surface area contributed by atoms with E-state index in [-0.39, 0.29) is 88.4 Å². The maximum atomic E-state index is 13.2. The average Bonchev–Trinajstić information content (AvgIpc) is 3.83. The lowest BCUT2D eigenvalue weighted by Gasteiger charge is -2.27. The summed E-state index contributed by atoms with van der Waals surface area (Å²) in [6.45, 7) is 1.64. The number of hydrogen-bond acceptors (Lipinski definition) is 11. The number of benzene rings is 3. The Hall–Kier alpha value is -6.48. The molecule has 17 nitrogen and oxygen atoms in total. The van der Waals surface area contributed by atoms with Crippen LogP contribution >= 0.6 is 0 Å². The number of alkyl halides is 3. The van der Waals surface area contributed by atoms with Crippen LogP contribution in [0, 0.1) is 0 Å². The van der Waals surface area contributed by atoms with Crippen molar-refractivity contribution in [3.05, 3.63) is 89.1 Å². The Morgan fingerprint density at radius 2 is 1.49 bits per heavy atom. The molecule has 3 aromatic carbocycles. The summed E-state index contributed by atoms with van der Waals surface area (Å²) in [6.07, 6.45) is -2.62. The molecule has 0 aliphatic carbocycles. The highest BCUT2D eigenvalue weighted by atomic mass is 19.4. The first-order chi connectivity index (χ1) is 29.3. The second kappa shape index (κ2) is 18.4. The summed E-state index contributed by atoms with van der Waals surface area (Å²) in [4.78, 5) is 75.8. The normalized spacial score (nSPS) is 15.5. The summed E-state index contributed by atoms with van der Waals surface area (Å²) in [5.74, 6) is -3.32. The van der Waals surface area contributed by atoms with Crippen molar-refractivity contribution >= 4 is 63.1 Å². The van der Waals surface area contributed by atoms with E-state index in [0.717, 1.165) is 27.8 Å². The van der Waals surface area contributed by atoms with Gasteiger partial charge in [0.15, 0.2) is 5.65 Å². The van der Waals surface area contributed by atoms with Gasteiger partial charge >= 0.3 is 6.18 Å². The van der Waals surface area contributed by atoms with E-state index in [1.54, 1.807) is 40.7 Å². The summed E-state index contributed by atoms with van der Waals surface area (Å²) in [6, 6.07) is 13.1. The fraction of sp³-hybridized carbons (Fsp3) is 0.341. The fourth-order valence-corrected chi connectivity index (χ4v) is 7.00. The molecular formula is C41H40F3N7O10. The first-order valence-electron chi connectivity index (χ1n) is 19.2. The highest BCUT2D eigenvalue weighted by Gasteiger charge is 2.44. The van der Waals surface area contributed by atoms with Crippen molar-refractivity contribution < 1.29 is 60.9 Å². The molecule has 7 rings (SSSR count). The number of aromatic nitrogens is 3. The van der Waals surface area contributed by atoms with E-state index in [4.69, 9.17) is 18.9 Å². The van der Waals surface area contributed by atoms with Crippen LogP contribution in [0.1, 0.15) is 49.5 Å². The summed E-state index contributed by atoms with van der Waals surface area (Å²) in [7, 11) is 1.74. The number of nitrogens with zero attached hydrogens (tertiary/aromatic N) is 4. The zero-order valence-electron chi connectivity index (χ0n) is 32.7. The number of halogens is 3. The van der Waals surface area contributed by atoms with Gasteiger partial charge in [0.05, 0.1) is 68.5 Å². The number of ether oxygens (including phenoxy) is 4. The van der Waals surface area contributed by atoms with Crippen LogP contribution in [0.5, 0.6) is 0 Å². The highest BCUT2D eigenvalue weighted by molar-refractivity contribution is 6.24. The van der Waals surface area contributed by atoms with Crippen molar-refractivity contribution in [2.75, 3.05) is 64.7 Å². The van der Waals surface area contributed by atoms with Crippen molar-refractivity contribution in [3.63, 3.8) is 0 Å². The Kier molecular flexibility index (Phi) is 12.9. The van der Waals surface area contributed by atoms with E-state index in [1.165, 1.54) is 30.3 Å². The second-order valence-electron chi connectivity index (χ2n) is 14.1. The summed E-state index contributed by atoms with van der Waals surface area (Å²) < 4.78 is 64.7. The maximum Gasteiger partial charge on any atom is 0.416 e. The predicted octanol–water partition coefficient (Wildman–Crippen LogP) is 3.37. The number of aryl methyl sites for hydroxylation is 1. The van der Waals surface area contributed by atoms with Crippen molar-refractivity contribution in [2.45, 2.75) is 25.1 Å². The Bertz CT molecular complexity index is 2500. The number of carbonyl (C=O) groups is 6. The molecule has 320 valence electrons. The van der Waals surface area contributed by atoms with Crippen molar-refractivity contribution in [2.24, 2.45) is 7.05 Å². The third kappa shape index (κ3) is 9.62. The maximum absolute atomic E-state index is 13.2. The second-order valence-corrected chi connectivity index (χ2v) is 14.1. The molecule has 4 heterocycles. The third-order valence-electron chi connectivity index (χ3n) is 9.87. The molecule has 6 amide bonds. The molecule has 1 unspecified atom stereocenters. The van der Waals surface area contributed by atoms with Gasteiger partial charge in [-0.15, -0.1) is 0 Å². The fourth-order valence-electron chi connectivity index (χ4n) is 7.00. The predicted molar refractivity (Wildman–Crippen MR) is 210 cm³/mol. The molecule has 61 heavy (non-hydrogen) atoms. The molecule has 0 bridgehead atoms. The Morgan fingerprint density at radius 3 is 2.18 bits per heavy atom. The van der Waals surface area contributed by atoms with E-state index in [2.05, 4.69) is 21.0 Å². The van der Waals surface area contributed by atoms with E-state index < -0.39 is 47.3 Å². The van der Waals surface area contributed by atoms with Crippen LogP contribution in [0.25, 0.3) is 27.6 Å². The van der Waals surface area contributed by atoms with Crippen LogP contribution in [0.15, 0.2) is 66.9 Å². The minimum atomic E-state index is -4.46. The number of carbonyl (C=O) groups excluding carboxylic acids is 6. The van der Waals surface area contributed by atoms with Gasteiger partial charge < -0.3 is 29.6 Å². The molecule has 0 radical (unpaired) electrons. The zero-order valence-corrected chi connectivity index (χ0v) is 32.7. The van der Waals surface area contributed by atoms with Crippen LogP contribution in [-0.2, 0) is 46.6 Å². The minimum absolute atomic E-state index is 0.00711. The first kappa shape index (κ1) is 42.6. The number of anilines is 1. The first-order valence-corrected chi connectivity index (χ1v) is 19.2. The Balaban J connectivity index is 0.741. The van der Waals surface area contributed by atoms with E-state index in [1.807, 2.05) is 0 Å². The highest BCUT2D eigenvalue weighted by Crippen LogP contribution is 2.34. The van der Waals surface area contributed by atoms with Crippen molar-refractivity contribution in [1.82, 2.24) is 29.9 Å². The van der Waals surface area contributed by atoms with Crippen LogP contribution in [0.3, 0.4) is 0 Å². The molecule has 1 fully saturated rings. The third-order valence-corrected chi connectivity index (χ3v) is 9.87. The quantitative estimate of drug-likeness (QED) is 0.0863. The number of rotatable bonds is 18. The monoisotopic (exact) mass is 847 g/mol. The molecule has 5 aromatic rings. The van der Waals surface area contributed by atoms with Crippen molar-refractivity contribution in [1.29, 1.82) is 0 Å². The lowest BCUT2D eigenvalue weighted by molar-refractivity contribution is -0.138. The number of nitrogens with one attached hydrogen (secondary N) is 3. The summed E-state index contributed by atoms with van der Waals surface area (Å²) >= 11 is 0. The average molecular weight is 848 g/mol. The molecule has 2 aliphatic rings. The topological polar surface area (TPSA) is 201 Å². The lowest BCUT2D eigenvalue weighted by Crippen LogP contribution is -2.54. The van der Waals surface area contributed by atoms with Gasteiger partial charge in [-0.25, -0.2) is 0 Å². The van der Waals surface area contributed by atoms with Gasteiger partial charge in [-0.3, -0.25) is 48.2 Å².